The molecular formula is C36H56N4O4. The number of carbonyl (C=O) groups is 2. The smallest absolute Gasteiger partial charge is 0.320 e. The lowest BCUT2D eigenvalue weighted by molar-refractivity contribution is -0.127. The van der Waals surface area contributed by atoms with Crippen molar-refractivity contribution in [3.63, 3.8) is 0 Å². The first-order chi connectivity index (χ1) is 21.4. The number of nitrogens with one attached hydrogen (secondary N) is 1. The molecular weight excluding hydrogens is 552 g/mol. The van der Waals surface area contributed by atoms with Gasteiger partial charge in [-0.05, 0) is 103 Å². The fourth-order valence-corrected chi connectivity index (χ4v) is 9.41. The van der Waals surface area contributed by atoms with Gasteiger partial charge in [-0.1, -0.05) is 30.3 Å². The highest BCUT2D eigenvalue weighted by molar-refractivity contribution is 5.79. The molecule has 0 aromatic heterocycles. The zero-order chi connectivity index (χ0) is 30.7. The topological polar surface area (TPSA) is 74.4 Å². The molecule has 244 valence electrons. The molecule has 2 unspecified atom stereocenters. The third kappa shape index (κ3) is 6.82. The molecule has 4 heterocycles. The number of hydrogen-bond donors (Lipinski definition) is 1. The van der Waals surface area contributed by atoms with Crippen molar-refractivity contribution < 1.29 is 19.1 Å². The van der Waals surface area contributed by atoms with E-state index in [0.29, 0.717) is 24.1 Å². The maximum atomic E-state index is 13.8. The second kappa shape index (κ2) is 14.1. The van der Waals surface area contributed by atoms with E-state index >= 15 is 0 Å². The molecule has 3 atom stereocenters. The van der Waals surface area contributed by atoms with E-state index in [1.807, 2.05) is 6.92 Å². The molecule has 2 bridgehead atoms. The Morgan fingerprint density at radius 1 is 1.00 bits per heavy atom. The van der Waals surface area contributed by atoms with Crippen LogP contribution in [-0.4, -0.2) is 95.9 Å². The van der Waals surface area contributed by atoms with E-state index in [2.05, 4.69) is 64.2 Å². The Morgan fingerprint density at radius 3 is 2.32 bits per heavy atom. The van der Waals surface area contributed by atoms with Crippen LogP contribution in [0.25, 0.3) is 0 Å². The van der Waals surface area contributed by atoms with Crippen LogP contribution in [0.3, 0.4) is 0 Å². The number of benzene rings is 1. The van der Waals surface area contributed by atoms with E-state index in [1.165, 1.54) is 18.4 Å². The summed E-state index contributed by atoms with van der Waals surface area (Å²) in [5, 5.41) is 3.49. The van der Waals surface area contributed by atoms with Crippen LogP contribution < -0.4 is 5.32 Å². The summed E-state index contributed by atoms with van der Waals surface area (Å²) in [6.07, 6.45) is 11.6. The van der Waals surface area contributed by atoms with Gasteiger partial charge < -0.3 is 24.6 Å². The van der Waals surface area contributed by atoms with Crippen molar-refractivity contribution in [1.82, 2.24) is 20.0 Å². The van der Waals surface area contributed by atoms with Crippen LogP contribution in [0.5, 0.6) is 0 Å². The molecule has 5 fully saturated rings. The molecule has 3 amide bonds. The summed E-state index contributed by atoms with van der Waals surface area (Å²) in [5.41, 5.74) is 1.13. The highest BCUT2D eigenvalue weighted by Gasteiger charge is 2.57. The first-order valence-corrected chi connectivity index (χ1v) is 17.8. The highest BCUT2D eigenvalue weighted by Crippen LogP contribution is 2.48. The van der Waals surface area contributed by atoms with Crippen molar-refractivity contribution in [2.24, 2.45) is 11.8 Å². The average Bonchev–Trinajstić information content (AvgIpc) is 3.44. The van der Waals surface area contributed by atoms with Gasteiger partial charge in [-0.3, -0.25) is 9.69 Å². The van der Waals surface area contributed by atoms with E-state index in [1.54, 1.807) is 0 Å². The van der Waals surface area contributed by atoms with Gasteiger partial charge in [0.2, 0.25) is 5.91 Å². The molecule has 1 aliphatic carbocycles. The number of fused-ring (bicyclic) bond motifs is 2. The average molecular weight is 609 g/mol. The predicted octanol–water partition coefficient (Wildman–Crippen LogP) is 5.77. The van der Waals surface area contributed by atoms with E-state index in [0.717, 1.165) is 97.2 Å². The van der Waals surface area contributed by atoms with Crippen LogP contribution in [-0.2, 0) is 14.3 Å². The largest absolute Gasteiger partial charge is 0.381 e. The Bertz CT molecular complexity index is 1090. The summed E-state index contributed by atoms with van der Waals surface area (Å²) in [6.45, 7) is 11.6. The molecule has 1 saturated carbocycles. The molecule has 5 aliphatic rings. The summed E-state index contributed by atoms with van der Waals surface area (Å²) in [4.78, 5) is 34.5. The number of nitrogens with zero attached hydrogens (tertiary/aromatic N) is 3. The molecule has 4 aliphatic heterocycles. The lowest BCUT2D eigenvalue weighted by atomic mass is 9.81. The number of amides is 3. The molecule has 1 N–H and O–H groups in total. The first-order valence-electron chi connectivity index (χ1n) is 17.8. The van der Waals surface area contributed by atoms with Gasteiger partial charge in [-0.25, -0.2) is 4.79 Å². The maximum absolute atomic E-state index is 13.8. The molecule has 6 rings (SSSR count). The van der Waals surface area contributed by atoms with Gasteiger partial charge >= 0.3 is 6.03 Å². The van der Waals surface area contributed by atoms with Crippen molar-refractivity contribution in [3.8, 4) is 0 Å². The normalized spacial score (nSPS) is 32.1. The van der Waals surface area contributed by atoms with Gasteiger partial charge in [-0.15, -0.1) is 0 Å². The Hall–Kier alpha value is -2.16. The summed E-state index contributed by atoms with van der Waals surface area (Å²) < 4.78 is 11.4. The molecule has 0 radical (unpaired) electrons. The number of ether oxygens (including phenoxy) is 2. The minimum atomic E-state index is -0.0634. The van der Waals surface area contributed by atoms with Gasteiger partial charge in [0.05, 0.1) is 17.7 Å². The minimum Gasteiger partial charge on any atom is -0.381 e. The Labute approximate surface area is 265 Å². The number of piperidine rings is 1. The zero-order valence-electron chi connectivity index (χ0n) is 27.4. The lowest BCUT2D eigenvalue weighted by Gasteiger charge is -2.49. The summed E-state index contributed by atoms with van der Waals surface area (Å²) in [6, 6.07) is 12.0. The molecule has 4 saturated heterocycles. The third-order valence-electron chi connectivity index (χ3n) is 11.5. The summed E-state index contributed by atoms with van der Waals surface area (Å²) in [7, 11) is 0. The molecule has 8 nitrogen and oxygen atoms in total. The third-order valence-corrected chi connectivity index (χ3v) is 11.5. The minimum absolute atomic E-state index is 0.0128. The Kier molecular flexibility index (Phi) is 10.2. The predicted molar refractivity (Wildman–Crippen MR) is 172 cm³/mol. The van der Waals surface area contributed by atoms with Gasteiger partial charge in [0, 0.05) is 63.5 Å². The van der Waals surface area contributed by atoms with Crippen molar-refractivity contribution >= 4 is 11.9 Å². The van der Waals surface area contributed by atoms with Gasteiger partial charge in [-0.2, -0.15) is 0 Å². The van der Waals surface area contributed by atoms with Crippen molar-refractivity contribution in [2.45, 2.75) is 127 Å². The van der Waals surface area contributed by atoms with Crippen LogP contribution >= 0.6 is 0 Å². The van der Waals surface area contributed by atoms with Crippen LogP contribution in [0.1, 0.15) is 103 Å². The van der Waals surface area contributed by atoms with E-state index in [9.17, 15) is 9.59 Å². The van der Waals surface area contributed by atoms with Crippen molar-refractivity contribution in [1.29, 1.82) is 0 Å². The molecule has 1 aromatic carbocycles. The number of hydrogen-bond acceptors (Lipinski definition) is 5. The first kappa shape index (κ1) is 31.8. The second-order valence-electron chi connectivity index (χ2n) is 14.6. The summed E-state index contributed by atoms with van der Waals surface area (Å²) >= 11 is 0. The van der Waals surface area contributed by atoms with Crippen LogP contribution in [0.4, 0.5) is 4.79 Å². The standard InChI is InChI=1S/C36H56N4O4/c1-4-44-32-14-10-29(11-15-32)34(41)37-33(28-8-6-5-7-9-28)16-19-39-30-12-13-31(39)23-36(22-30)25-38(35(42)40(36)26(2)3)24-27-17-20-43-21-18-27/h5-9,26-27,29-33H,4,10-25H2,1-3H3,(H,37,41)/t29-,30?,31?,32-,33-,36?/m0/s1. The van der Waals surface area contributed by atoms with Gasteiger partial charge in [0.1, 0.15) is 0 Å². The monoisotopic (exact) mass is 608 g/mol. The number of carbonyl (C=O) groups excluding carboxylic acids is 2. The SMILES string of the molecule is CCO[C@H]1CC[C@H](C(=O)N[C@@H](CCN2C3CCC2CC2(C3)CN(CC3CCOCC3)C(=O)N2C(C)C)c2ccccc2)CC1. The molecule has 8 heteroatoms. The van der Waals surface area contributed by atoms with E-state index < -0.39 is 0 Å². The molecule has 44 heavy (non-hydrogen) atoms. The van der Waals surface area contributed by atoms with E-state index in [4.69, 9.17) is 9.47 Å². The van der Waals surface area contributed by atoms with Crippen molar-refractivity contribution in [2.75, 3.05) is 39.5 Å². The Morgan fingerprint density at radius 2 is 1.68 bits per heavy atom. The quantitative estimate of drug-likeness (QED) is 0.346. The van der Waals surface area contributed by atoms with Crippen LogP contribution in [0.2, 0.25) is 0 Å². The molecule has 1 aromatic rings. The lowest BCUT2D eigenvalue weighted by Crippen LogP contribution is -2.60. The fourth-order valence-electron chi connectivity index (χ4n) is 9.41. The van der Waals surface area contributed by atoms with E-state index in [-0.39, 0.29) is 35.5 Å². The summed E-state index contributed by atoms with van der Waals surface area (Å²) in [5.74, 6) is 0.837. The maximum Gasteiger partial charge on any atom is 0.320 e. The Balaban J connectivity index is 1.10. The highest BCUT2D eigenvalue weighted by atomic mass is 16.5. The number of urea groups is 1. The van der Waals surface area contributed by atoms with Gasteiger partial charge in [0.15, 0.2) is 0 Å². The van der Waals surface area contributed by atoms with Gasteiger partial charge in [0.25, 0.3) is 0 Å². The number of rotatable bonds is 11. The zero-order valence-corrected chi connectivity index (χ0v) is 27.4. The van der Waals surface area contributed by atoms with Crippen molar-refractivity contribution in [3.05, 3.63) is 35.9 Å². The van der Waals surface area contributed by atoms with Crippen LogP contribution in [0, 0.1) is 11.8 Å². The second-order valence-corrected chi connectivity index (χ2v) is 14.6. The van der Waals surface area contributed by atoms with Crippen LogP contribution in [0.15, 0.2) is 30.3 Å². The molecule has 1 spiro atoms. The fraction of sp³-hybridized carbons (Fsp3) is 0.778.